The van der Waals surface area contributed by atoms with E-state index in [1.54, 1.807) is 36.4 Å². The zero-order valence-electron chi connectivity index (χ0n) is 10.0. The van der Waals surface area contributed by atoms with Gasteiger partial charge < -0.3 is 8.83 Å². The maximum absolute atomic E-state index is 11.9. The van der Waals surface area contributed by atoms with Crippen molar-refractivity contribution in [2.45, 2.75) is 0 Å². The van der Waals surface area contributed by atoms with Gasteiger partial charge in [-0.25, -0.2) is 0 Å². The van der Waals surface area contributed by atoms with Crippen LogP contribution >= 0.6 is 15.9 Å². The van der Waals surface area contributed by atoms with Crippen LogP contribution in [0.1, 0.15) is 10.4 Å². The predicted molar refractivity (Wildman–Crippen MR) is 74.1 cm³/mol. The second-order valence-corrected chi connectivity index (χ2v) is 4.77. The number of hydrogen-bond donors (Lipinski definition) is 1. The summed E-state index contributed by atoms with van der Waals surface area (Å²) in [5.74, 6) is 0.329. The van der Waals surface area contributed by atoms with E-state index in [1.807, 2.05) is 0 Å². The van der Waals surface area contributed by atoms with Crippen molar-refractivity contribution in [3.05, 3.63) is 52.7 Å². The summed E-state index contributed by atoms with van der Waals surface area (Å²) in [4.78, 5) is 11.9. The molecular formula is C13H8BrN3O3. The van der Waals surface area contributed by atoms with Crippen molar-refractivity contribution < 1.29 is 13.6 Å². The van der Waals surface area contributed by atoms with Crippen LogP contribution in [0.25, 0.3) is 11.7 Å². The lowest BCUT2D eigenvalue weighted by Crippen LogP contribution is -2.11. The topological polar surface area (TPSA) is 81.2 Å². The first-order chi connectivity index (χ1) is 9.72. The molecule has 1 amide bonds. The maximum Gasteiger partial charge on any atom is 0.322 e. The third-order valence-corrected chi connectivity index (χ3v) is 3.01. The molecule has 1 aromatic carbocycles. The molecule has 0 aliphatic heterocycles. The molecule has 0 saturated carbocycles. The fraction of sp³-hybridized carbons (Fsp3) is 0. The summed E-state index contributed by atoms with van der Waals surface area (Å²) >= 11 is 3.30. The van der Waals surface area contributed by atoms with Crippen molar-refractivity contribution in [1.82, 2.24) is 10.2 Å². The summed E-state index contributed by atoms with van der Waals surface area (Å²) in [6.07, 6.45) is 1.50. The second kappa shape index (κ2) is 5.30. The van der Waals surface area contributed by atoms with Gasteiger partial charge in [0.25, 0.3) is 11.8 Å². The summed E-state index contributed by atoms with van der Waals surface area (Å²) < 4.78 is 11.3. The van der Waals surface area contributed by atoms with E-state index in [4.69, 9.17) is 8.83 Å². The van der Waals surface area contributed by atoms with E-state index < -0.39 is 0 Å². The molecule has 3 aromatic rings. The van der Waals surface area contributed by atoms with Crippen LogP contribution in [-0.4, -0.2) is 16.1 Å². The normalized spacial score (nSPS) is 10.4. The van der Waals surface area contributed by atoms with Crippen molar-refractivity contribution in [2.24, 2.45) is 0 Å². The molecule has 6 nitrogen and oxygen atoms in total. The fourth-order valence-electron chi connectivity index (χ4n) is 1.54. The number of rotatable bonds is 3. The van der Waals surface area contributed by atoms with Gasteiger partial charge in [-0.15, -0.1) is 5.10 Å². The van der Waals surface area contributed by atoms with Gasteiger partial charge in [0.05, 0.1) is 6.26 Å². The third kappa shape index (κ3) is 2.62. The minimum atomic E-state index is -0.327. The zero-order valence-corrected chi connectivity index (χ0v) is 11.6. The SMILES string of the molecule is O=C(Nc1nnc(-c2ccco2)o1)c1ccc(Br)cc1. The number of nitrogens with zero attached hydrogens (tertiary/aromatic N) is 2. The van der Waals surface area contributed by atoms with Gasteiger partial charge in [-0.1, -0.05) is 21.0 Å². The van der Waals surface area contributed by atoms with Crippen LogP contribution in [-0.2, 0) is 0 Å². The van der Waals surface area contributed by atoms with Crippen LogP contribution in [0.4, 0.5) is 6.01 Å². The van der Waals surface area contributed by atoms with Gasteiger partial charge in [0.2, 0.25) is 0 Å². The van der Waals surface area contributed by atoms with Gasteiger partial charge in [0.15, 0.2) is 5.76 Å². The number of nitrogens with one attached hydrogen (secondary N) is 1. The molecule has 2 aromatic heterocycles. The summed E-state index contributed by atoms with van der Waals surface area (Å²) in [7, 11) is 0. The zero-order chi connectivity index (χ0) is 13.9. The molecule has 1 N–H and O–H groups in total. The molecule has 0 spiro atoms. The highest BCUT2D eigenvalue weighted by atomic mass is 79.9. The van der Waals surface area contributed by atoms with Gasteiger partial charge in [0, 0.05) is 10.0 Å². The van der Waals surface area contributed by atoms with E-state index >= 15 is 0 Å². The number of carbonyl (C=O) groups is 1. The predicted octanol–water partition coefficient (Wildman–Crippen LogP) is 3.34. The Bertz CT molecular complexity index is 720. The molecule has 0 aliphatic rings. The number of halogens is 1. The largest absolute Gasteiger partial charge is 0.459 e. The van der Waals surface area contributed by atoms with E-state index in [0.29, 0.717) is 11.3 Å². The quantitative estimate of drug-likeness (QED) is 0.794. The highest BCUT2D eigenvalue weighted by Gasteiger charge is 2.13. The minimum Gasteiger partial charge on any atom is -0.459 e. The average Bonchev–Trinajstić information content (AvgIpc) is 3.09. The number of hydrogen-bond acceptors (Lipinski definition) is 5. The Morgan fingerprint density at radius 2 is 1.95 bits per heavy atom. The van der Waals surface area contributed by atoms with E-state index in [-0.39, 0.29) is 17.8 Å². The summed E-state index contributed by atoms with van der Waals surface area (Å²) in [6.45, 7) is 0. The van der Waals surface area contributed by atoms with Crippen molar-refractivity contribution in [1.29, 1.82) is 0 Å². The van der Waals surface area contributed by atoms with Crippen molar-refractivity contribution in [3.63, 3.8) is 0 Å². The van der Waals surface area contributed by atoms with Gasteiger partial charge in [-0.05, 0) is 36.4 Å². The number of furan rings is 1. The molecule has 0 radical (unpaired) electrons. The lowest BCUT2D eigenvalue weighted by Gasteiger charge is -2.00. The van der Waals surface area contributed by atoms with Crippen LogP contribution in [0.15, 0.2) is 56.0 Å². The highest BCUT2D eigenvalue weighted by molar-refractivity contribution is 9.10. The van der Waals surface area contributed by atoms with Crippen LogP contribution < -0.4 is 5.32 Å². The average molecular weight is 334 g/mol. The van der Waals surface area contributed by atoms with Crippen molar-refractivity contribution in [3.8, 4) is 11.7 Å². The third-order valence-electron chi connectivity index (χ3n) is 2.48. The van der Waals surface area contributed by atoms with Crippen molar-refractivity contribution >= 4 is 27.9 Å². The van der Waals surface area contributed by atoms with E-state index in [1.165, 1.54) is 6.26 Å². The second-order valence-electron chi connectivity index (χ2n) is 3.85. The molecule has 0 saturated heterocycles. The molecule has 20 heavy (non-hydrogen) atoms. The first-order valence-corrected chi connectivity index (χ1v) is 6.46. The molecule has 0 atom stereocenters. The van der Waals surface area contributed by atoms with Crippen LogP contribution in [0.2, 0.25) is 0 Å². The lowest BCUT2D eigenvalue weighted by atomic mass is 10.2. The fourth-order valence-corrected chi connectivity index (χ4v) is 1.81. The molecule has 0 bridgehead atoms. The first kappa shape index (κ1) is 12.6. The molecule has 100 valence electrons. The van der Waals surface area contributed by atoms with Gasteiger partial charge in [-0.3, -0.25) is 10.1 Å². The van der Waals surface area contributed by atoms with Crippen molar-refractivity contribution in [2.75, 3.05) is 5.32 Å². The molecule has 0 fully saturated rings. The van der Waals surface area contributed by atoms with Gasteiger partial charge >= 0.3 is 6.01 Å². The van der Waals surface area contributed by atoms with Crippen LogP contribution in [0.5, 0.6) is 0 Å². The highest BCUT2D eigenvalue weighted by Crippen LogP contribution is 2.20. The summed E-state index contributed by atoms with van der Waals surface area (Å²) in [6, 6.07) is 10.3. The minimum absolute atomic E-state index is 0.0179. The first-order valence-electron chi connectivity index (χ1n) is 5.67. The summed E-state index contributed by atoms with van der Waals surface area (Å²) in [5.41, 5.74) is 0.492. The maximum atomic E-state index is 11.9. The summed E-state index contributed by atoms with van der Waals surface area (Å²) in [5, 5.41) is 10.0. The Labute approximate surface area is 121 Å². The van der Waals surface area contributed by atoms with Gasteiger partial charge in [-0.2, -0.15) is 0 Å². The van der Waals surface area contributed by atoms with E-state index in [9.17, 15) is 4.79 Å². The Morgan fingerprint density at radius 3 is 2.65 bits per heavy atom. The van der Waals surface area contributed by atoms with E-state index in [0.717, 1.165) is 4.47 Å². The lowest BCUT2D eigenvalue weighted by molar-refractivity contribution is 0.102. The molecule has 3 rings (SSSR count). The number of aromatic nitrogens is 2. The van der Waals surface area contributed by atoms with Crippen LogP contribution in [0.3, 0.4) is 0 Å². The molecule has 2 heterocycles. The molecular weight excluding hydrogens is 326 g/mol. The number of amides is 1. The Hall–Kier alpha value is -2.41. The molecule has 0 unspecified atom stereocenters. The Morgan fingerprint density at radius 1 is 1.15 bits per heavy atom. The number of benzene rings is 1. The standard InChI is InChI=1S/C13H8BrN3O3/c14-9-5-3-8(4-6-9)11(18)15-13-17-16-12(20-13)10-2-1-7-19-10/h1-7H,(H,15,17,18). The van der Waals surface area contributed by atoms with E-state index in [2.05, 4.69) is 31.4 Å². The Balaban J connectivity index is 1.75. The smallest absolute Gasteiger partial charge is 0.322 e. The number of anilines is 1. The monoisotopic (exact) mass is 333 g/mol. The van der Waals surface area contributed by atoms with Crippen LogP contribution in [0, 0.1) is 0 Å². The molecule has 7 heteroatoms. The Kier molecular flexibility index (Phi) is 3.34. The van der Waals surface area contributed by atoms with Gasteiger partial charge in [0.1, 0.15) is 0 Å². The molecule has 0 aliphatic carbocycles. The number of carbonyl (C=O) groups excluding carboxylic acids is 1.